The minimum absolute atomic E-state index is 0.149. The van der Waals surface area contributed by atoms with Gasteiger partial charge in [-0.15, -0.1) is 0 Å². The minimum Gasteiger partial charge on any atom is -0.467 e. The first-order chi connectivity index (χ1) is 13.4. The zero-order chi connectivity index (χ0) is 20.3. The van der Waals surface area contributed by atoms with Gasteiger partial charge in [0.1, 0.15) is 5.69 Å². The predicted molar refractivity (Wildman–Crippen MR) is 110 cm³/mol. The van der Waals surface area contributed by atoms with E-state index in [4.69, 9.17) is 9.26 Å². The maximum absolute atomic E-state index is 12.9. The van der Waals surface area contributed by atoms with E-state index in [1.54, 1.807) is 0 Å². The number of nitrogens with zero attached hydrogens (tertiary/aromatic N) is 2. The summed E-state index contributed by atoms with van der Waals surface area (Å²) in [4.78, 5) is 22.1. The summed E-state index contributed by atoms with van der Waals surface area (Å²) in [6.07, 6.45) is 0. The first-order valence-electron chi connectivity index (χ1n) is 8.09. The zero-order valence-corrected chi connectivity index (χ0v) is 17.7. The Morgan fingerprint density at radius 2 is 1.89 bits per heavy atom. The standard InChI is InChI=1S/C19H14Br2N2O5/c1-27-19-14(17(22-28-19)11-6-3-2-4-7-11)15(20)16(21)18(24)12-8-5-9-13(10-12)23(25)26/h2-10,15-16H,1H3. The quantitative estimate of drug-likeness (QED) is 0.184. The Bertz CT molecular complexity index is 1010. The van der Waals surface area contributed by atoms with Crippen molar-refractivity contribution in [1.29, 1.82) is 0 Å². The van der Waals surface area contributed by atoms with E-state index in [0.29, 0.717) is 11.3 Å². The Labute approximate surface area is 177 Å². The average Bonchev–Trinajstić information content (AvgIpc) is 3.17. The highest BCUT2D eigenvalue weighted by molar-refractivity contribution is 9.12. The Kier molecular flexibility index (Phi) is 6.25. The van der Waals surface area contributed by atoms with Crippen LogP contribution in [0.1, 0.15) is 20.7 Å². The first-order valence-corrected chi connectivity index (χ1v) is 9.93. The third-order valence-electron chi connectivity index (χ3n) is 4.05. The lowest BCUT2D eigenvalue weighted by molar-refractivity contribution is -0.384. The molecule has 0 fully saturated rings. The summed E-state index contributed by atoms with van der Waals surface area (Å²) in [5, 5.41) is 15.1. The monoisotopic (exact) mass is 508 g/mol. The molecular formula is C19H14Br2N2O5. The fourth-order valence-electron chi connectivity index (χ4n) is 2.69. The molecule has 2 unspecified atom stereocenters. The molecule has 1 heterocycles. The molecule has 0 aliphatic carbocycles. The van der Waals surface area contributed by atoms with Gasteiger partial charge in [-0.1, -0.05) is 79.5 Å². The van der Waals surface area contributed by atoms with Gasteiger partial charge in [0.2, 0.25) is 0 Å². The summed E-state index contributed by atoms with van der Waals surface area (Å²) in [6.45, 7) is 0. The van der Waals surface area contributed by atoms with Gasteiger partial charge >= 0.3 is 5.95 Å². The van der Waals surface area contributed by atoms with Crippen LogP contribution in [0.4, 0.5) is 5.69 Å². The van der Waals surface area contributed by atoms with Crippen LogP contribution < -0.4 is 4.74 Å². The molecule has 7 nitrogen and oxygen atoms in total. The zero-order valence-electron chi connectivity index (χ0n) is 14.5. The summed E-state index contributed by atoms with van der Waals surface area (Å²) in [7, 11) is 1.45. The molecule has 1 aromatic heterocycles. The summed E-state index contributed by atoms with van der Waals surface area (Å²) < 4.78 is 10.6. The highest BCUT2D eigenvalue weighted by Gasteiger charge is 2.34. The number of aromatic nitrogens is 1. The average molecular weight is 510 g/mol. The Morgan fingerprint density at radius 3 is 2.54 bits per heavy atom. The Morgan fingerprint density at radius 1 is 1.18 bits per heavy atom. The maximum Gasteiger partial charge on any atom is 0.315 e. The van der Waals surface area contributed by atoms with Gasteiger partial charge in [-0.3, -0.25) is 14.9 Å². The van der Waals surface area contributed by atoms with Crippen molar-refractivity contribution in [2.45, 2.75) is 9.65 Å². The molecule has 2 aromatic carbocycles. The van der Waals surface area contributed by atoms with Crippen LogP contribution in [0.2, 0.25) is 0 Å². The van der Waals surface area contributed by atoms with E-state index in [0.717, 1.165) is 5.56 Å². The van der Waals surface area contributed by atoms with Gasteiger partial charge in [0.05, 0.1) is 27.3 Å². The number of hydrogen-bond acceptors (Lipinski definition) is 6. The number of carbonyl (C=O) groups excluding carboxylic acids is 1. The van der Waals surface area contributed by atoms with E-state index in [-0.39, 0.29) is 23.0 Å². The number of nitro groups is 1. The summed E-state index contributed by atoms with van der Waals surface area (Å²) in [6, 6.07) is 14.9. The maximum atomic E-state index is 12.9. The molecular weight excluding hydrogens is 496 g/mol. The predicted octanol–water partition coefficient (Wildman–Crippen LogP) is 5.34. The van der Waals surface area contributed by atoms with Crippen LogP contribution in [-0.4, -0.2) is 27.8 Å². The second kappa shape index (κ2) is 8.66. The fraction of sp³-hybridized carbons (Fsp3) is 0.158. The van der Waals surface area contributed by atoms with Crippen LogP contribution in [0.25, 0.3) is 11.3 Å². The molecule has 3 aromatic rings. The summed E-state index contributed by atoms with van der Waals surface area (Å²) >= 11 is 6.94. The molecule has 28 heavy (non-hydrogen) atoms. The number of ether oxygens (including phenoxy) is 1. The van der Waals surface area contributed by atoms with Crippen molar-refractivity contribution in [3.8, 4) is 17.2 Å². The number of Topliss-reactive ketones (excluding diaryl/α,β-unsaturated/α-hetero) is 1. The van der Waals surface area contributed by atoms with E-state index in [9.17, 15) is 14.9 Å². The number of carbonyl (C=O) groups is 1. The molecule has 3 rings (SSSR count). The van der Waals surface area contributed by atoms with Gasteiger partial charge in [-0.2, -0.15) is 0 Å². The van der Waals surface area contributed by atoms with E-state index >= 15 is 0 Å². The highest BCUT2D eigenvalue weighted by atomic mass is 79.9. The molecule has 0 bridgehead atoms. The smallest absolute Gasteiger partial charge is 0.315 e. The second-order valence-electron chi connectivity index (χ2n) is 5.78. The minimum atomic E-state index is -0.745. The van der Waals surface area contributed by atoms with E-state index < -0.39 is 14.6 Å². The first kappa shape index (κ1) is 20.2. The molecule has 0 amide bonds. The molecule has 0 spiro atoms. The number of benzene rings is 2. The van der Waals surface area contributed by atoms with Crippen LogP contribution >= 0.6 is 31.9 Å². The van der Waals surface area contributed by atoms with Crippen molar-refractivity contribution in [2.75, 3.05) is 7.11 Å². The molecule has 0 radical (unpaired) electrons. The van der Waals surface area contributed by atoms with E-state index in [1.165, 1.54) is 31.4 Å². The van der Waals surface area contributed by atoms with Crippen molar-refractivity contribution in [2.24, 2.45) is 0 Å². The van der Waals surface area contributed by atoms with Gasteiger partial charge in [0.15, 0.2) is 5.78 Å². The van der Waals surface area contributed by atoms with Gasteiger partial charge in [0.25, 0.3) is 5.69 Å². The number of halogens is 2. The Hall–Kier alpha value is -2.52. The van der Waals surface area contributed by atoms with Crippen LogP contribution in [0, 0.1) is 10.1 Å². The van der Waals surface area contributed by atoms with Gasteiger partial charge in [-0.25, -0.2) is 0 Å². The molecule has 9 heteroatoms. The number of ketones is 1. The molecule has 0 aliphatic heterocycles. The molecule has 0 saturated heterocycles. The third kappa shape index (κ3) is 4.00. The fourth-order valence-corrected chi connectivity index (χ4v) is 3.86. The summed E-state index contributed by atoms with van der Waals surface area (Å²) in [5.41, 5.74) is 1.97. The van der Waals surface area contributed by atoms with Gasteiger partial charge in [0, 0.05) is 23.3 Å². The Balaban J connectivity index is 1.96. The highest BCUT2D eigenvalue weighted by Crippen LogP contribution is 2.43. The van der Waals surface area contributed by atoms with Gasteiger partial charge in [-0.05, 0) is 0 Å². The van der Waals surface area contributed by atoms with Crippen molar-refractivity contribution in [3.63, 3.8) is 0 Å². The van der Waals surface area contributed by atoms with E-state index in [2.05, 4.69) is 37.0 Å². The van der Waals surface area contributed by atoms with Crippen molar-refractivity contribution in [1.82, 2.24) is 5.16 Å². The van der Waals surface area contributed by atoms with Gasteiger partial charge < -0.3 is 9.26 Å². The topological polar surface area (TPSA) is 95.5 Å². The van der Waals surface area contributed by atoms with Crippen LogP contribution in [-0.2, 0) is 0 Å². The SMILES string of the molecule is COc1onc(-c2ccccc2)c1C(Br)C(Br)C(=O)c1cccc([N+](=O)[O-])c1. The second-order valence-corrected chi connectivity index (χ2v) is 7.75. The molecule has 144 valence electrons. The number of hydrogen-bond donors (Lipinski definition) is 0. The van der Waals surface area contributed by atoms with Crippen LogP contribution in [0.3, 0.4) is 0 Å². The number of non-ortho nitro benzene ring substituents is 1. The van der Waals surface area contributed by atoms with Crippen molar-refractivity contribution >= 4 is 43.3 Å². The largest absolute Gasteiger partial charge is 0.467 e. The lowest BCUT2D eigenvalue weighted by Gasteiger charge is -2.16. The molecule has 0 aliphatic rings. The van der Waals surface area contributed by atoms with Crippen molar-refractivity contribution in [3.05, 3.63) is 75.8 Å². The normalized spacial score (nSPS) is 13.0. The number of alkyl halides is 2. The third-order valence-corrected chi connectivity index (χ3v) is 6.69. The van der Waals surface area contributed by atoms with Crippen LogP contribution in [0.5, 0.6) is 5.95 Å². The van der Waals surface area contributed by atoms with E-state index in [1.807, 2.05) is 30.3 Å². The lowest BCUT2D eigenvalue weighted by Crippen LogP contribution is -2.20. The summed E-state index contributed by atoms with van der Waals surface area (Å²) in [5.74, 6) is -0.148. The number of rotatable bonds is 7. The lowest BCUT2D eigenvalue weighted by atomic mass is 9.99. The van der Waals surface area contributed by atoms with Crippen LogP contribution in [0.15, 0.2) is 59.1 Å². The number of nitro benzene ring substituents is 1. The number of methoxy groups -OCH3 is 1. The van der Waals surface area contributed by atoms with Crippen molar-refractivity contribution < 1.29 is 19.0 Å². The molecule has 0 N–H and O–H groups in total. The molecule has 0 saturated carbocycles. The molecule has 2 atom stereocenters.